The first kappa shape index (κ1) is 12.4. The van der Waals surface area contributed by atoms with E-state index in [2.05, 4.69) is 5.16 Å². The Morgan fingerprint density at radius 1 is 1.31 bits per heavy atom. The minimum absolute atomic E-state index is 0.0514. The van der Waals surface area contributed by atoms with Gasteiger partial charge in [-0.1, -0.05) is 42.4 Å². The summed E-state index contributed by atoms with van der Waals surface area (Å²) >= 11 is 0. The molecule has 0 aromatic heterocycles. The molecule has 0 saturated heterocycles. The lowest BCUT2D eigenvalue weighted by Gasteiger charge is -2.01. The van der Waals surface area contributed by atoms with Crippen molar-refractivity contribution in [2.24, 2.45) is 5.16 Å². The maximum Gasteiger partial charge on any atom is 0.180 e. The summed E-state index contributed by atoms with van der Waals surface area (Å²) in [6.45, 7) is 4.05. The standard InChI is InChI=1S/C13H17NO2/c1-3-7-13(15)11(2)14-16-10-12-8-5-4-6-9-12/h4-6,8-9H,3,7,10H2,1-2H3. The van der Waals surface area contributed by atoms with Gasteiger partial charge >= 0.3 is 0 Å². The van der Waals surface area contributed by atoms with E-state index in [-0.39, 0.29) is 5.78 Å². The van der Waals surface area contributed by atoms with Gasteiger partial charge in [0.15, 0.2) is 5.78 Å². The molecule has 0 N–H and O–H groups in total. The third-order valence-corrected chi connectivity index (χ3v) is 2.16. The summed E-state index contributed by atoms with van der Waals surface area (Å²) < 4.78 is 0. The van der Waals surface area contributed by atoms with Crippen LogP contribution >= 0.6 is 0 Å². The zero-order valence-electron chi connectivity index (χ0n) is 9.77. The molecule has 3 heteroatoms. The molecule has 0 amide bonds. The number of rotatable bonds is 6. The van der Waals surface area contributed by atoms with Gasteiger partial charge in [-0.2, -0.15) is 0 Å². The number of nitrogens with zero attached hydrogens (tertiary/aromatic N) is 1. The van der Waals surface area contributed by atoms with E-state index in [0.717, 1.165) is 12.0 Å². The van der Waals surface area contributed by atoms with Crippen LogP contribution in [0.4, 0.5) is 0 Å². The van der Waals surface area contributed by atoms with Crippen LogP contribution in [-0.4, -0.2) is 11.5 Å². The molecule has 16 heavy (non-hydrogen) atoms. The second-order valence-electron chi connectivity index (χ2n) is 3.61. The molecular weight excluding hydrogens is 202 g/mol. The van der Waals surface area contributed by atoms with E-state index >= 15 is 0 Å². The Balaban J connectivity index is 2.39. The Hall–Kier alpha value is -1.64. The fourth-order valence-electron chi connectivity index (χ4n) is 1.24. The van der Waals surface area contributed by atoms with Crippen molar-refractivity contribution in [3.05, 3.63) is 35.9 Å². The van der Waals surface area contributed by atoms with Crippen LogP contribution in [0.25, 0.3) is 0 Å². The maximum atomic E-state index is 11.4. The molecule has 1 aromatic rings. The summed E-state index contributed by atoms with van der Waals surface area (Å²) in [5.74, 6) is 0.0514. The van der Waals surface area contributed by atoms with Gasteiger partial charge in [0.2, 0.25) is 0 Å². The van der Waals surface area contributed by atoms with Crippen LogP contribution in [0.2, 0.25) is 0 Å². The number of carbonyl (C=O) groups excluding carboxylic acids is 1. The van der Waals surface area contributed by atoms with Gasteiger partial charge in [0.25, 0.3) is 0 Å². The van der Waals surface area contributed by atoms with Crippen molar-refractivity contribution in [2.45, 2.75) is 33.3 Å². The Morgan fingerprint density at radius 2 is 2.00 bits per heavy atom. The molecule has 0 spiro atoms. The largest absolute Gasteiger partial charge is 0.391 e. The first-order valence-corrected chi connectivity index (χ1v) is 5.47. The monoisotopic (exact) mass is 219 g/mol. The Morgan fingerprint density at radius 3 is 2.62 bits per heavy atom. The van der Waals surface area contributed by atoms with Gasteiger partial charge in [-0.3, -0.25) is 4.79 Å². The lowest BCUT2D eigenvalue weighted by atomic mass is 10.2. The average Bonchev–Trinajstić information content (AvgIpc) is 2.30. The minimum Gasteiger partial charge on any atom is -0.391 e. The zero-order valence-corrected chi connectivity index (χ0v) is 9.77. The second-order valence-corrected chi connectivity index (χ2v) is 3.61. The van der Waals surface area contributed by atoms with Crippen LogP contribution in [0.1, 0.15) is 32.3 Å². The summed E-state index contributed by atoms with van der Waals surface area (Å²) in [7, 11) is 0. The van der Waals surface area contributed by atoms with Gasteiger partial charge in [0, 0.05) is 6.42 Å². The third-order valence-electron chi connectivity index (χ3n) is 2.16. The molecule has 0 aliphatic rings. The molecule has 0 aliphatic heterocycles. The highest BCUT2D eigenvalue weighted by atomic mass is 16.6. The predicted molar refractivity (Wildman–Crippen MR) is 64.3 cm³/mol. The van der Waals surface area contributed by atoms with Crippen molar-refractivity contribution in [2.75, 3.05) is 0 Å². The highest BCUT2D eigenvalue weighted by Gasteiger charge is 2.04. The molecule has 0 heterocycles. The van der Waals surface area contributed by atoms with Crippen molar-refractivity contribution in [1.82, 2.24) is 0 Å². The van der Waals surface area contributed by atoms with Crippen LogP contribution in [0.15, 0.2) is 35.5 Å². The van der Waals surface area contributed by atoms with Crippen LogP contribution in [0.3, 0.4) is 0 Å². The van der Waals surface area contributed by atoms with E-state index in [1.807, 2.05) is 37.3 Å². The molecule has 86 valence electrons. The molecular formula is C13H17NO2. The molecule has 1 aromatic carbocycles. The third kappa shape index (κ3) is 4.26. The van der Waals surface area contributed by atoms with E-state index < -0.39 is 0 Å². The first-order valence-electron chi connectivity index (χ1n) is 5.47. The second kappa shape index (κ2) is 6.77. The van der Waals surface area contributed by atoms with Crippen LogP contribution in [0.5, 0.6) is 0 Å². The molecule has 3 nitrogen and oxygen atoms in total. The van der Waals surface area contributed by atoms with E-state index in [0.29, 0.717) is 18.7 Å². The van der Waals surface area contributed by atoms with Gasteiger partial charge in [0.1, 0.15) is 12.3 Å². The molecule has 0 aliphatic carbocycles. The predicted octanol–water partition coefficient (Wildman–Crippen LogP) is 2.95. The molecule has 0 unspecified atom stereocenters. The summed E-state index contributed by atoms with van der Waals surface area (Å²) in [6, 6.07) is 9.75. The lowest BCUT2D eigenvalue weighted by molar-refractivity contribution is -0.113. The summed E-state index contributed by atoms with van der Waals surface area (Å²) in [4.78, 5) is 16.5. The highest BCUT2D eigenvalue weighted by Crippen LogP contribution is 2.01. The lowest BCUT2D eigenvalue weighted by Crippen LogP contribution is -2.09. The Bertz CT molecular complexity index is 357. The van der Waals surface area contributed by atoms with Crippen LogP contribution in [0, 0.1) is 0 Å². The number of benzene rings is 1. The van der Waals surface area contributed by atoms with Crippen molar-refractivity contribution >= 4 is 11.5 Å². The number of ketones is 1. The molecule has 0 radical (unpaired) electrons. The topological polar surface area (TPSA) is 38.7 Å². The smallest absolute Gasteiger partial charge is 0.180 e. The van der Waals surface area contributed by atoms with Crippen molar-refractivity contribution in [3.8, 4) is 0 Å². The van der Waals surface area contributed by atoms with Gasteiger partial charge in [-0.15, -0.1) is 0 Å². The van der Waals surface area contributed by atoms with Crippen LogP contribution < -0.4 is 0 Å². The van der Waals surface area contributed by atoms with E-state index in [4.69, 9.17) is 4.84 Å². The normalized spacial score (nSPS) is 11.2. The van der Waals surface area contributed by atoms with E-state index in [1.54, 1.807) is 6.92 Å². The summed E-state index contributed by atoms with van der Waals surface area (Å²) in [6.07, 6.45) is 1.37. The fraction of sp³-hybridized carbons (Fsp3) is 0.385. The molecule has 0 saturated carbocycles. The minimum atomic E-state index is 0.0514. The van der Waals surface area contributed by atoms with Crippen molar-refractivity contribution in [1.29, 1.82) is 0 Å². The number of hydrogen-bond donors (Lipinski definition) is 0. The van der Waals surface area contributed by atoms with Gasteiger partial charge in [-0.05, 0) is 18.9 Å². The number of oxime groups is 1. The molecule has 0 fully saturated rings. The first-order chi connectivity index (χ1) is 7.74. The summed E-state index contributed by atoms with van der Waals surface area (Å²) in [5, 5.41) is 3.81. The summed E-state index contributed by atoms with van der Waals surface area (Å²) in [5.41, 5.74) is 1.49. The van der Waals surface area contributed by atoms with Gasteiger partial charge in [0.05, 0.1) is 0 Å². The van der Waals surface area contributed by atoms with E-state index in [9.17, 15) is 4.79 Å². The quantitative estimate of drug-likeness (QED) is 0.545. The van der Waals surface area contributed by atoms with Crippen LogP contribution in [-0.2, 0) is 16.2 Å². The van der Waals surface area contributed by atoms with Crippen molar-refractivity contribution in [3.63, 3.8) is 0 Å². The molecule has 0 atom stereocenters. The Kier molecular flexibility index (Phi) is 5.26. The van der Waals surface area contributed by atoms with Crippen molar-refractivity contribution < 1.29 is 9.63 Å². The SMILES string of the molecule is CCCC(=O)C(C)=NOCc1ccccc1. The van der Waals surface area contributed by atoms with Gasteiger partial charge in [-0.25, -0.2) is 0 Å². The Labute approximate surface area is 96.1 Å². The number of carbonyl (C=O) groups is 1. The fourth-order valence-corrected chi connectivity index (χ4v) is 1.24. The average molecular weight is 219 g/mol. The van der Waals surface area contributed by atoms with Gasteiger partial charge < -0.3 is 4.84 Å². The maximum absolute atomic E-state index is 11.4. The zero-order chi connectivity index (χ0) is 11.8. The molecule has 0 bridgehead atoms. The number of hydrogen-bond acceptors (Lipinski definition) is 3. The highest BCUT2D eigenvalue weighted by molar-refractivity contribution is 6.38. The van der Waals surface area contributed by atoms with E-state index in [1.165, 1.54) is 0 Å². The number of Topliss-reactive ketones (excluding diaryl/α,β-unsaturated/α-hetero) is 1. The molecule has 1 rings (SSSR count).